The number of hydrogen-bond acceptors (Lipinski definition) is 6. The van der Waals surface area contributed by atoms with Crippen LogP contribution in [-0.2, 0) is 25.6 Å². The summed E-state index contributed by atoms with van der Waals surface area (Å²) in [6, 6.07) is 14.4. The van der Waals surface area contributed by atoms with E-state index in [1.807, 2.05) is 36.4 Å². The van der Waals surface area contributed by atoms with E-state index in [9.17, 15) is 14.4 Å². The van der Waals surface area contributed by atoms with Crippen LogP contribution in [0.4, 0.5) is 0 Å². The van der Waals surface area contributed by atoms with Gasteiger partial charge in [0.1, 0.15) is 5.92 Å². The highest BCUT2D eigenvalue weighted by Gasteiger charge is 2.42. The van der Waals surface area contributed by atoms with Crippen molar-refractivity contribution in [1.29, 1.82) is 0 Å². The van der Waals surface area contributed by atoms with Crippen LogP contribution in [-0.4, -0.2) is 30.9 Å². The summed E-state index contributed by atoms with van der Waals surface area (Å²) in [5.74, 6) is -1.88. The number of esters is 2. The second-order valence-electron chi connectivity index (χ2n) is 7.62. The summed E-state index contributed by atoms with van der Waals surface area (Å²) in [7, 11) is 0. The van der Waals surface area contributed by atoms with Gasteiger partial charge in [0, 0.05) is 29.1 Å². The topological polar surface area (TPSA) is 85.6 Å². The molecule has 0 amide bonds. The average molecular weight is 450 g/mol. The van der Waals surface area contributed by atoms with Crippen molar-refractivity contribution >= 4 is 17.7 Å². The molecular formula is C26H29N2O5+. The van der Waals surface area contributed by atoms with Crippen molar-refractivity contribution in [2.45, 2.75) is 40.2 Å². The number of ether oxygens (including phenoxy) is 2. The van der Waals surface area contributed by atoms with Gasteiger partial charge in [-0.25, -0.2) is 9.59 Å². The molecular weight excluding hydrogens is 420 g/mol. The summed E-state index contributed by atoms with van der Waals surface area (Å²) >= 11 is 0. The number of ketones is 1. The Morgan fingerprint density at radius 1 is 0.848 bits per heavy atom. The Morgan fingerprint density at radius 3 is 1.94 bits per heavy atom. The van der Waals surface area contributed by atoms with Gasteiger partial charge in [0.05, 0.1) is 24.4 Å². The molecule has 1 aromatic carbocycles. The molecule has 0 fully saturated rings. The molecule has 7 heteroatoms. The second-order valence-corrected chi connectivity index (χ2v) is 7.62. The molecule has 0 saturated heterocycles. The van der Waals surface area contributed by atoms with Crippen molar-refractivity contribution in [3.63, 3.8) is 0 Å². The Bertz CT molecular complexity index is 1080. The molecule has 1 aromatic heterocycles. The van der Waals surface area contributed by atoms with Gasteiger partial charge in [-0.05, 0) is 27.7 Å². The first-order valence-corrected chi connectivity index (χ1v) is 11.0. The van der Waals surface area contributed by atoms with Crippen molar-refractivity contribution in [2.75, 3.05) is 13.2 Å². The maximum absolute atomic E-state index is 13.0. The first-order valence-electron chi connectivity index (χ1n) is 11.0. The quantitative estimate of drug-likeness (QED) is 0.378. The highest BCUT2D eigenvalue weighted by Crippen LogP contribution is 2.38. The minimum Gasteiger partial charge on any atom is -0.463 e. The van der Waals surface area contributed by atoms with Gasteiger partial charge in [0.2, 0.25) is 12.3 Å². The van der Waals surface area contributed by atoms with E-state index in [4.69, 9.17) is 9.47 Å². The van der Waals surface area contributed by atoms with Gasteiger partial charge < -0.3 is 14.8 Å². The van der Waals surface area contributed by atoms with Gasteiger partial charge in [-0.15, -0.1) is 0 Å². The monoisotopic (exact) mass is 449 g/mol. The minimum absolute atomic E-state index is 0.0500. The molecule has 0 bridgehead atoms. The molecule has 0 aliphatic carbocycles. The molecule has 0 unspecified atom stereocenters. The van der Waals surface area contributed by atoms with Gasteiger partial charge in [0.25, 0.3) is 0 Å². The molecule has 7 nitrogen and oxygen atoms in total. The fourth-order valence-electron chi connectivity index (χ4n) is 4.01. The number of hydrogen-bond donors (Lipinski definition) is 1. The minimum atomic E-state index is -0.755. The molecule has 3 rings (SSSR count). The average Bonchev–Trinajstić information content (AvgIpc) is 2.79. The SMILES string of the molecule is CCOC(=O)C1=C(C)NC(C)=C(C(=O)OCC)C1c1cccc[n+]1CC(=O)c1ccccc1. The molecule has 1 aliphatic rings. The summed E-state index contributed by atoms with van der Waals surface area (Å²) in [5, 5.41) is 3.13. The lowest BCUT2D eigenvalue weighted by molar-refractivity contribution is -0.691. The van der Waals surface area contributed by atoms with Crippen LogP contribution in [0, 0.1) is 0 Å². The van der Waals surface area contributed by atoms with E-state index in [1.165, 1.54) is 0 Å². The van der Waals surface area contributed by atoms with Crippen molar-refractivity contribution in [1.82, 2.24) is 5.32 Å². The standard InChI is InChI=1S/C26H28N2O5/c1-5-32-25(30)22-17(3)27-18(4)23(26(31)33-6-2)24(22)20-14-10-11-15-28(20)16-21(29)19-12-8-7-9-13-19/h7-15,24H,5-6,16H2,1-4H3/p+1. The predicted octanol–water partition coefficient (Wildman–Crippen LogP) is 3.22. The third-order valence-corrected chi connectivity index (χ3v) is 5.43. The van der Waals surface area contributed by atoms with E-state index < -0.39 is 17.9 Å². The van der Waals surface area contributed by atoms with Crippen LogP contribution in [0.2, 0.25) is 0 Å². The molecule has 1 aliphatic heterocycles. The van der Waals surface area contributed by atoms with E-state index >= 15 is 0 Å². The predicted molar refractivity (Wildman–Crippen MR) is 122 cm³/mol. The highest BCUT2D eigenvalue weighted by molar-refractivity contribution is 5.99. The lowest BCUT2D eigenvalue weighted by Crippen LogP contribution is -2.45. The number of dihydropyridines is 1. The molecule has 0 atom stereocenters. The fraction of sp³-hybridized carbons (Fsp3) is 0.308. The zero-order chi connectivity index (χ0) is 24.0. The summed E-state index contributed by atoms with van der Waals surface area (Å²) in [5.41, 5.74) is 3.02. The number of aromatic nitrogens is 1. The van der Waals surface area contributed by atoms with Gasteiger partial charge >= 0.3 is 11.9 Å². The summed E-state index contributed by atoms with van der Waals surface area (Å²) < 4.78 is 12.4. The largest absolute Gasteiger partial charge is 0.463 e. The number of Topliss-reactive ketones (excluding diaryl/α,β-unsaturated/α-hetero) is 1. The second kappa shape index (κ2) is 10.7. The van der Waals surface area contributed by atoms with Crippen LogP contribution in [0.5, 0.6) is 0 Å². The van der Waals surface area contributed by atoms with Gasteiger partial charge in [-0.3, -0.25) is 4.79 Å². The molecule has 2 aromatic rings. The van der Waals surface area contributed by atoms with E-state index in [1.54, 1.807) is 50.6 Å². The Labute approximate surface area is 193 Å². The Hall–Kier alpha value is -3.74. The summed E-state index contributed by atoms with van der Waals surface area (Å²) in [6.45, 7) is 7.44. The summed E-state index contributed by atoms with van der Waals surface area (Å²) in [6.07, 6.45) is 1.77. The first-order chi connectivity index (χ1) is 15.9. The molecule has 0 spiro atoms. The number of carbonyl (C=O) groups excluding carboxylic acids is 3. The van der Waals surface area contributed by atoms with Crippen LogP contribution >= 0.6 is 0 Å². The van der Waals surface area contributed by atoms with Crippen molar-refractivity contribution in [3.05, 3.63) is 88.5 Å². The Kier molecular flexibility index (Phi) is 7.77. The number of pyridine rings is 1. The van der Waals surface area contributed by atoms with E-state index in [2.05, 4.69) is 5.32 Å². The number of rotatable bonds is 8. The van der Waals surface area contributed by atoms with Crippen LogP contribution in [0.3, 0.4) is 0 Å². The molecule has 172 valence electrons. The molecule has 1 N–H and O–H groups in total. The van der Waals surface area contributed by atoms with E-state index in [-0.39, 0.29) is 25.5 Å². The lowest BCUT2D eigenvalue weighted by atomic mass is 9.82. The lowest BCUT2D eigenvalue weighted by Gasteiger charge is -2.28. The van der Waals surface area contributed by atoms with Crippen LogP contribution in [0.25, 0.3) is 0 Å². The Morgan fingerprint density at radius 2 is 1.39 bits per heavy atom. The number of nitrogens with one attached hydrogen (secondary N) is 1. The molecule has 33 heavy (non-hydrogen) atoms. The van der Waals surface area contributed by atoms with Gasteiger partial charge in [-0.2, -0.15) is 4.57 Å². The number of allylic oxidation sites excluding steroid dienone is 2. The third-order valence-electron chi connectivity index (χ3n) is 5.43. The normalized spacial score (nSPS) is 14.1. The summed E-state index contributed by atoms with van der Waals surface area (Å²) in [4.78, 5) is 39.0. The highest BCUT2D eigenvalue weighted by atomic mass is 16.5. The van der Waals surface area contributed by atoms with Crippen molar-refractivity contribution < 1.29 is 28.4 Å². The first kappa shape index (κ1) is 23.9. The Balaban J connectivity index is 2.14. The molecule has 0 radical (unpaired) electrons. The molecule has 0 saturated carbocycles. The van der Waals surface area contributed by atoms with Gasteiger partial charge in [0.15, 0.2) is 11.9 Å². The smallest absolute Gasteiger partial charge is 0.336 e. The van der Waals surface area contributed by atoms with E-state index in [0.29, 0.717) is 33.8 Å². The maximum atomic E-state index is 13.0. The van der Waals surface area contributed by atoms with Crippen LogP contribution in [0.1, 0.15) is 49.7 Å². The van der Waals surface area contributed by atoms with Crippen molar-refractivity contribution in [3.8, 4) is 0 Å². The van der Waals surface area contributed by atoms with Crippen LogP contribution < -0.4 is 9.88 Å². The zero-order valence-electron chi connectivity index (χ0n) is 19.4. The third kappa shape index (κ3) is 5.19. The van der Waals surface area contributed by atoms with Crippen molar-refractivity contribution in [2.24, 2.45) is 0 Å². The van der Waals surface area contributed by atoms with E-state index in [0.717, 1.165) is 0 Å². The van der Waals surface area contributed by atoms with Crippen LogP contribution in [0.15, 0.2) is 77.3 Å². The zero-order valence-corrected chi connectivity index (χ0v) is 19.4. The number of benzene rings is 1. The number of carbonyl (C=O) groups is 3. The maximum Gasteiger partial charge on any atom is 0.336 e. The van der Waals surface area contributed by atoms with Gasteiger partial charge in [-0.1, -0.05) is 36.4 Å². The fourth-order valence-corrected chi connectivity index (χ4v) is 4.01. The molecule has 2 heterocycles. The number of nitrogens with zero attached hydrogens (tertiary/aromatic N) is 1.